The number of allylic oxidation sites excluding steroid dienone is 1. The highest BCUT2D eigenvalue weighted by Crippen LogP contribution is 2.25. The monoisotopic (exact) mass is 262 g/mol. The van der Waals surface area contributed by atoms with Crippen molar-refractivity contribution < 1.29 is 19.1 Å². The van der Waals surface area contributed by atoms with Gasteiger partial charge in [-0.05, 0) is 17.6 Å². The number of benzene rings is 1. The number of esters is 2. The predicted molar refractivity (Wildman–Crippen MR) is 72.3 cm³/mol. The molecular formula is C15H18O4. The van der Waals surface area contributed by atoms with E-state index in [9.17, 15) is 9.59 Å². The second-order valence-electron chi connectivity index (χ2n) is 3.95. The zero-order valence-electron chi connectivity index (χ0n) is 11.4. The minimum Gasteiger partial charge on any atom is -0.465 e. The Hall–Kier alpha value is -2.10. The summed E-state index contributed by atoms with van der Waals surface area (Å²) in [6, 6.07) is 9.31. The van der Waals surface area contributed by atoms with Crippen molar-refractivity contribution in [3.05, 3.63) is 41.5 Å². The molecule has 0 aromatic heterocycles. The largest absolute Gasteiger partial charge is 0.465 e. The van der Waals surface area contributed by atoms with Crippen molar-refractivity contribution >= 4 is 17.5 Å². The number of ether oxygens (including phenoxy) is 2. The lowest BCUT2D eigenvalue weighted by Crippen LogP contribution is -2.18. The normalized spacial score (nSPS) is 9.63. The molecule has 0 radical (unpaired) electrons. The van der Waals surface area contributed by atoms with Crippen LogP contribution < -0.4 is 0 Å². The minimum atomic E-state index is -0.667. The Kier molecular flexibility index (Phi) is 5.79. The molecule has 0 bridgehead atoms. The number of methoxy groups -OCH3 is 2. The van der Waals surface area contributed by atoms with Crippen LogP contribution in [-0.4, -0.2) is 26.2 Å². The Labute approximate surface area is 113 Å². The summed E-state index contributed by atoms with van der Waals surface area (Å²) >= 11 is 0. The summed E-state index contributed by atoms with van der Waals surface area (Å²) in [5.41, 5.74) is 1.45. The first kappa shape index (κ1) is 15.0. The molecule has 0 spiro atoms. The zero-order valence-corrected chi connectivity index (χ0v) is 11.4. The van der Waals surface area contributed by atoms with Crippen molar-refractivity contribution in [2.45, 2.75) is 19.8 Å². The van der Waals surface area contributed by atoms with Gasteiger partial charge in [-0.2, -0.15) is 0 Å². The fourth-order valence-corrected chi connectivity index (χ4v) is 1.84. The van der Waals surface area contributed by atoms with E-state index in [-0.39, 0.29) is 5.57 Å². The minimum absolute atomic E-state index is 0.0296. The van der Waals surface area contributed by atoms with E-state index in [0.29, 0.717) is 12.0 Å². The number of carbonyl (C=O) groups excluding carboxylic acids is 2. The van der Waals surface area contributed by atoms with Crippen LogP contribution in [0.3, 0.4) is 0 Å². The van der Waals surface area contributed by atoms with Gasteiger partial charge in [0.05, 0.1) is 14.2 Å². The lowest BCUT2D eigenvalue weighted by Gasteiger charge is -2.12. The second-order valence-corrected chi connectivity index (χ2v) is 3.95. The molecule has 0 fully saturated rings. The topological polar surface area (TPSA) is 52.6 Å². The molecule has 1 aromatic rings. The summed E-state index contributed by atoms with van der Waals surface area (Å²) in [5, 5.41) is 0. The van der Waals surface area contributed by atoms with E-state index in [0.717, 1.165) is 12.0 Å². The highest BCUT2D eigenvalue weighted by atomic mass is 16.5. The van der Waals surface area contributed by atoms with Crippen LogP contribution in [0.25, 0.3) is 5.57 Å². The van der Waals surface area contributed by atoms with E-state index in [1.54, 1.807) is 0 Å². The molecule has 0 aliphatic heterocycles. The SMILES string of the molecule is CCCC(=C(C(=O)OC)C(=O)OC)c1ccccc1. The first-order chi connectivity index (χ1) is 9.15. The van der Waals surface area contributed by atoms with Crippen LogP contribution in [0.5, 0.6) is 0 Å². The Balaban J connectivity index is 3.41. The van der Waals surface area contributed by atoms with Gasteiger partial charge in [0, 0.05) is 0 Å². The van der Waals surface area contributed by atoms with Crippen LogP contribution in [0, 0.1) is 0 Å². The number of rotatable bonds is 5. The molecule has 0 atom stereocenters. The third-order valence-electron chi connectivity index (χ3n) is 2.70. The molecule has 0 saturated carbocycles. The van der Waals surface area contributed by atoms with Crippen molar-refractivity contribution in [2.75, 3.05) is 14.2 Å². The van der Waals surface area contributed by atoms with Gasteiger partial charge < -0.3 is 9.47 Å². The molecule has 0 heterocycles. The highest BCUT2D eigenvalue weighted by Gasteiger charge is 2.25. The Morgan fingerprint density at radius 3 is 1.95 bits per heavy atom. The lowest BCUT2D eigenvalue weighted by atomic mass is 9.96. The Morgan fingerprint density at radius 1 is 1.00 bits per heavy atom. The highest BCUT2D eigenvalue weighted by molar-refractivity contribution is 6.19. The van der Waals surface area contributed by atoms with Crippen molar-refractivity contribution in [1.82, 2.24) is 0 Å². The van der Waals surface area contributed by atoms with Crippen LogP contribution in [0.1, 0.15) is 25.3 Å². The van der Waals surface area contributed by atoms with Crippen LogP contribution in [-0.2, 0) is 19.1 Å². The molecule has 4 nitrogen and oxygen atoms in total. The van der Waals surface area contributed by atoms with Gasteiger partial charge in [-0.15, -0.1) is 0 Å². The van der Waals surface area contributed by atoms with E-state index in [1.165, 1.54) is 14.2 Å². The van der Waals surface area contributed by atoms with Gasteiger partial charge in [0.2, 0.25) is 0 Å². The number of hydrogen-bond donors (Lipinski definition) is 0. The molecule has 0 saturated heterocycles. The van der Waals surface area contributed by atoms with Crippen molar-refractivity contribution in [2.24, 2.45) is 0 Å². The molecule has 0 aliphatic carbocycles. The number of hydrogen-bond acceptors (Lipinski definition) is 4. The average Bonchev–Trinajstić information content (AvgIpc) is 2.46. The molecule has 0 amide bonds. The van der Waals surface area contributed by atoms with Crippen molar-refractivity contribution in [3.63, 3.8) is 0 Å². The van der Waals surface area contributed by atoms with E-state index >= 15 is 0 Å². The first-order valence-electron chi connectivity index (χ1n) is 6.10. The third kappa shape index (κ3) is 3.68. The quantitative estimate of drug-likeness (QED) is 0.354. The molecule has 1 rings (SSSR count). The molecule has 19 heavy (non-hydrogen) atoms. The molecule has 1 aromatic carbocycles. The van der Waals surface area contributed by atoms with Gasteiger partial charge in [0.25, 0.3) is 0 Å². The van der Waals surface area contributed by atoms with Gasteiger partial charge in [-0.1, -0.05) is 43.7 Å². The summed E-state index contributed by atoms with van der Waals surface area (Å²) < 4.78 is 9.37. The first-order valence-corrected chi connectivity index (χ1v) is 6.10. The summed E-state index contributed by atoms with van der Waals surface area (Å²) in [6.45, 7) is 1.98. The van der Waals surface area contributed by atoms with E-state index in [4.69, 9.17) is 0 Å². The lowest BCUT2D eigenvalue weighted by molar-refractivity contribution is -0.143. The van der Waals surface area contributed by atoms with Crippen LogP contribution >= 0.6 is 0 Å². The third-order valence-corrected chi connectivity index (χ3v) is 2.70. The smallest absolute Gasteiger partial charge is 0.345 e. The summed E-state index contributed by atoms with van der Waals surface area (Å²) in [7, 11) is 2.50. The standard InChI is InChI=1S/C15H18O4/c1-4-8-12(11-9-6-5-7-10-11)13(14(16)18-2)15(17)19-3/h5-7,9-10H,4,8H2,1-3H3. The number of carbonyl (C=O) groups is 2. The molecule has 0 aliphatic rings. The molecular weight excluding hydrogens is 244 g/mol. The summed E-state index contributed by atoms with van der Waals surface area (Å²) in [4.78, 5) is 23.6. The molecule has 102 valence electrons. The maximum Gasteiger partial charge on any atom is 0.345 e. The molecule has 4 heteroatoms. The van der Waals surface area contributed by atoms with Crippen LogP contribution in [0.15, 0.2) is 35.9 Å². The van der Waals surface area contributed by atoms with Crippen molar-refractivity contribution in [1.29, 1.82) is 0 Å². The maximum absolute atomic E-state index is 11.8. The van der Waals surface area contributed by atoms with Gasteiger partial charge in [-0.25, -0.2) is 9.59 Å². The zero-order chi connectivity index (χ0) is 14.3. The van der Waals surface area contributed by atoms with E-state index in [2.05, 4.69) is 9.47 Å². The summed E-state index contributed by atoms with van der Waals surface area (Å²) in [6.07, 6.45) is 1.41. The average molecular weight is 262 g/mol. The maximum atomic E-state index is 11.8. The molecule has 0 N–H and O–H groups in total. The van der Waals surface area contributed by atoms with Crippen molar-refractivity contribution in [3.8, 4) is 0 Å². The van der Waals surface area contributed by atoms with Gasteiger partial charge in [0.1, 0.15) is 5.57 Å². The molecule has 0 unspecified atom stereocenters. The predicted octanol–water partition coefficient (Wildman–Crippen LogP) is 2.59. The van der Waals surface area contributed by atoms with E-state index in [1.807, 2.05) is 37.3 Å². The van der Waals surface area contributed by atoms with Crippen LogP contribution in [0.4, 0.5) is 0 Å². The van der Waals surface area contributed by atoms with Gasteiger partial charge in [-0.3, -0.25) is 0 Å². The summed E-state index contributed by atoms with van der Waals surface area (Å²) in [5.74, 6) is -1.33. The second kappa shape index (κ2) is 7.36. The van der Waals surface area contributed by atoms with Gasteiger partial charge >= 0.3 is 11.9 Å². The fourth-order valence-electron chi connectivity index (χ4n) is 1.84. The van der Waals surface area contributed by atoms with Crippen LogP contribution in [0.2, 0.25) is 0 Å². The Bertz CT molecular complexity index is 456. The van der Waals surface area contributed by atoms with Gasteiger partial charge in [0.15, 0.2) is 0 Å². The Morgan fingerprint density at radius 2 is 1.53 bits per heavy atom. The van der Waals surface area contributed by atoms with E-state index < -0.39 is 11.9 Å². The fraction of sp³-hybridized carbons (Fsp3) is 0.333.